The minimum atomic E-state index is -0.135. The number of hydrogen-bond donors (Lipinski definition) is 1. The normalized spacial score (nSPS) is 23.2. The number of hydrogen-bond acceptors (Lipinski definition) is 5. The van der Waals surface area contributed by atoms with Crippen LogP contribution in [0.1, 0.15) is 20.3 Å². The summed E-state index contributed by atoms with van der Waals surface area (Å²) in [4.78, 5) is 30.4. The van der Waals surface area contributed by atoms with E-state index in [1.54, 1.807) is 0 Å². The van der Waals surface area contributed by atoms with Gasteiger partial charge in [0.25, 0.3) is 0 Å². The third-order valence-electron chi connectivity index (χ3n) is 4.39. The zero-order valence-electron chi connectivity index (χ0n) is 13.7. The van der Waals surface area contributed by atoms with E-state index >= 15 is 0 Å². The number of nitrogens with two attached hydrogens (primary N) is 1. The lowest BCUT2D eigenvalue weighted by atomic mass is 10.1. The van der Waals surface area contributed by atoms with Crippen LogP contribution in [0.3, 0.4) is 0 Å². The standard InChI is InChI=1S/C15H28N4O3/c1-12(16)11-14(20)18-5-3-17(4-6-18)13(2)15(21)19-7-9-22-10-8-19/h12-13H,3-11,16H2,1-2H3. The molecule has 2 aliphatic rings. The van der Waals surface area contributed by atoms with Gasteiger partial charge in [0.15, 0.2) is 0 Å². The highest BCUT2D eigenvalue weighted by molar-refractivity contribution is 5.81. The molecule has 7 nitrogen and oxygen atoms in total. The highest BCUT2D eigenvalue weighted by Crippen LogP contribution is 2.11. The van der Waals surface area contributed by atoms with Gasteiger partial charge in [0, 0.05) is 51.7 Å². The molecule has 2 heterocycles. The van der Waals surface area contributed by atoms with Crippen LogP contribution in [0.25, 0.3) is 0 Å². The molecule has 22 heavy (non-hydrogen) atoms. The van der Waals surface area contributed by atoms with Gasteiger partial charge in [-0.2, -0.15) is 0 Å². The van der Waals surface area contributed by atoms with Gasteiger partial charge < -0.3 is 20.3 Å². The lowest BCUT2D eigenvalue weighted by Gasteiger charge is -2.39. The first kappa shape index (κ1) is 17.2. The molecule has 2 unspecified atom stereocenters. The predicted molar refractivity (Wildman–Crippen MR) is 83.3 cm³/mol. The summed E-state index contributed by atoms with van der Waals surface area (Å²) >= 11 is 0. The fraction of sp³-hybridized carbons (Fsp3) is 0.867. The molecule has 2 fully saturated rings. The number of nitrogens with zero attached hydrogens (tertiary/aromatic N) is 3. The van der Waals surface area contributed by atoms with E-state index in [9.17, 15) is 9.59 Å². The average Bonchev–Trinajstić information content (AvgIpc) is 2.54. The molecule has 2 saturated heterocycles. The molecular weight excluding hydrogens is 284 g/mol. The molecule has 7 heteroatoms. The van der Waals surface area contributed by atoms with Crippen LogP contribution >= 0.6 is 0 Å². The van der Waals surface area contributed by atoms with Crippen LogP contribution in [-0.2, 0) is 14.3 Å². The SMILES string of the molecule is CC(N)CC(=O)N1CCN(C(C)C(=O)N2CCOCC2)CC1. The second-order valence-electron chi connectivity index (χ2n) is 6.21. The molecule has 2 rings (SSSR count). The quantitative estimate of drug-likeness (QED) is 0.729. The zero-order chi connectivity index (χ0) is 16.1. The Morgan fingerprint density at radius 3 is 2.14 bits per heavy atom. The van der Waals surface area contributed by atoms with E-state index in [-0.39, 0.29) is 23.9 Å². The Hall–Kier alpha value is -1.18. The van der Waals surface area contributed by atoms with E-state index < -0.39 is 0 Å². The summed E-state index contributed by atoms with van der Waals surface area (Å²) in [6.45, 7) is 9.22. The third kappa shape index (κ3) is 4.41. The number of amides is 2. The maximum Gasteiger partial charge on any atom is 0.239 e. The first-order chi connectivity index (χ1) is 10.5. The molecule has 2 aliphatic heterocycles. The minimum Gasteiger partial charge on any atom is -0.378 e. The summed E-state index contributed by atoms with van der Waals surface area (Å²) in [5.41, 5.74) is 5.68. The van der Waals surface area contributed by atoms with E-state index in [1.807, 2.05) is 23.6 Å². The van der Waals surface area contributed by atoms with Crippen LogP contribution < -0.4 is 5.73 Å². The molecule has 0 aromatic rings. The lowest BCUT2D eigenvalue weighted by Crippen LogP contribution is -2.56. The van der Waals surface area contributed by atoms with Gasteiger partial charge in [0.05, 0.1) is 19.3 Å². The van der Waals surface area contributed by atoms with E-state index in [4.69, 9.17) is 10.5 Å². The molecule has 126 valence electrons. The van der Waals surface area contributed by atoms with E-state index in [1.165, 1.54) is 0 Å². The van der Waals surface area contributed by atoms with Crippen LogP contribution in [-0.4, -0.2) is 91.1 Å². The second kappa shape index (κ2) is 7.89. The van der Waals surface area contributed by atoms with Crippen molar-refractivity contribution in [2.45, 2.75) is 32.4 Å². The summed E-state index contributed by atoms with van der Waals surface area (Å²) in [6, 6.07) is -0.240. The molecule has 0 radical (unpaired) electrons. The Labute approximate surface area is 132 Å². The molecule has 2 N–H and O–H groups in total. The molecule has 2 amide bonds. The van der Waals surface area contributed by atoms with E-state index in [0.717, 1.165) is 13.1 Å². The molecule has 0 saturated carbocycles. The van der Waals surface area contributed by atoms with Crippen molar-refractivity contribution in [3.05, 3.63) is 0 Å². The maximum absolute atomic E-state index is 12.5. The van der Waals surface area contributed by atoms with Gasteiger partial charge in [-0.15, -0.1) is 0 Å². The fourth-order valence-electron chi connectivity index (χ4n) is 2.97. The van der Waals surface area contributed by atoms with Gasteiger partial charge >= 0.3 is 0 Å². The van der Waals surface area contributed by atoms with Crippen molar-refractivity contribution in [3.63, 3.8) is 0 Å². The fourth-order valence-corrected chi connectivity index (χ4v) is 2.97. The van der Waals surface area contributed by atoms with Crippen LogP contribution in [0, 0.1) is 0 Å². The minimum absolute atomic E-state index is 0.104. The smallest absolute Gasteiger partial charge is 0.239 e. The van der Waals surface area contributed by atoms with E-state index in [0.29, 0.717) is 45.8 Å². The van der Waals surface area contributed by atoms with Crippen LogP contribution in [0.5, 0.6) is 0 Å². The van der Waals surface area contributed by atoms with Crippen molar-refractivity contribution in [1.82, 2.24) is 14.7 Å². The largest absolute Gasteiger partial charge is 0.378 e. The molecule has 0 bridgehead atoms. The van der Waals surface area contributed by atoms with Gasteiger partial charge in [-0.3, -0.25) is 14.5 Å². The predicted octanol–water partition coefficient (Wildman–Crippen LogP) is -0.885. The molecular formula is C15H28N4O3. The van der Waals surface area contributed by atoms with Gasteiger partial charge in [0.2, 0.25) is 11.8 Å². The third-order valence-corrected chi connectivity index (χ3v) is 4.39. The first-order valence-electron chi connectivity index (χ1n) is 8.13. The summed E-state index contributed by atoms with van der Waals surface area (Å²) in [5.74, 6) is 0.278. The monoisotopic (exact) mass is 312 g/mol. The zero-order valence-corrected chi connectivity index (χ0v) is 13.7. The Morgan fingerprint density at radius 2 is 1.59 bits per heavy atom. The van der Waals surface area contributed by atoms with Crippen molar-refractivity contribution in [3.8, 4) is 0 Å². The van der Waals surface area contributed by atoms with Crippen molar-refractivity contribution in [1.29, 1.82) is 0 Å². The van der Waals surface area contributed by atoms with Crippen molar-refractivity contribution in [2.75, 3.05) is 52.5 Å². The Morgan fingerprint density at radius 1 is 1.00 bits per heavy atom. The summed E-state index contributed by atoms with van der Waals surface area (Å²) in [6.07, 6.45) is 0.391. The Balaban J connectivity index is 1.80. The van der Waals surface area contributed by atoms with E-state index in [2.05, 4.69) is 4.90 Å². The number of morpholine rings is 1. The molecule has 2 atom stereocenters. The summed E-state index contributed by atoms with van der Waals surface area (Å²) in [5, 5.41) is 0. The maximum atomic E-state index is 12.5. The molecule has 0 spiro atoms. The first-order valence-corrected chi connectivity index (χ1v) is 8.13. The average molecular weight is 312 g/mol. The lowest BCUT2D eigenvalue weighted by molar-refractivity contribution is -0.142. The van der Waals surface area contributed by atoms with Crippen LogP contribution in [0.15, 0.2) is 0 Å². The highest BCUT2D eigenvalue weighted by atomic mass is 16.5. The Bertz CT molecular complexity index is 388. The van der Waals surface area contributed by atoms with Gasteiger partial charge in [-0.25, -0.2) is 0 Å². The molecule has 0 aromatic carbocycles. The van der Waals surface area contributed by atoms with Crippen LogP contribution in [0.4, 0.5) is 0 Å². The number of carbonyl (C=O) groups is 2. The Kier molecular flexibility index (Phi) is 6.16. The summed E-state index contributed by atoms with van der Waals surface area (Å²) < 4.78 is 5.29. The van der Waals surface area contributed by atoms with Gasteiger partial charge in [-0.1, -0.05) is 0 Å². The number of rotatable bonds is 4. The number of carbonyl (C=O) groups excluding carboxylic acids is 2. The second-order valence-corrected chi connectivity index (χ2v) is 6.21. The number of ether oxygens (including phenoxy) is 1. The van der Waals surface area contributed by atoms with Gasteiger partial charge in [0.1, 0.15) is 0 Å². The summed E-state index contributed by atoms with van der Waals surface area (Å²) in [7, 11) is 0. The van der Waals surface area contributed by atoms with Crippen molar-refractivity contribution >= 4 is 11.8 Å². The van der Waals surface area contributed by atoms with Crippen LogP contribution in [0.2, 0.25) is 0 Å². The molecule has 0 aliphatic carbocycles. The number of piperazine rings is 1. The topological polar surface area (TPSA) is 79.1 Å². The van der Waals surface area contributed by atoms with Gasteiger partial charge in [-0.05, 0) is 13.8 Å². The van der Waals surface area contributed by atoms with Crippen molar-refractivity contribution < 1.29 is 14.3 Å². The highest BCUT2D eigenvalue weighted by Gasteiger charge is 2.30. The van der Waals surface area contributed by atoms with Crippen molar-refractivity contribution in [2.24, 2.45) is 5.73 Å². The molecule has 0 aromatic heterocycles.